The zero-order chi connectivity index (χ0) is 12.2. The van der Waals surface area contributed by atoms with E-state index in [9.17, 15) is 8.42 Å². The Morgan fingerprint density at radius 2 is 1.81 bits per heavy atom. The van der Waals surface area contributed by atoms with Gasteiger partial charge >= 0.3 is 10.1 Å². The molecule has 1 aromatic rings. The summed E-state index contributed by atoms with van der Waals surface area (Å²) in [5.41, 5.74) is 0.689. The Balaban J connectivity index is 2.97. The van der Waals surface area contributed by atoms with E-state index in [0.717, 1.165) is 6.26 Å². The highest BCUT2D eigenvalue weighted by atomic mass is 32.2. The van der Waals surface area contributed by atoms with Gasteiger partial charge in [0.1, 0.15) is 11.5 Å². The number of hydrogen-bond acceptors (Lipinski definition) is 4. The first-order valence-electron chi connectivity index (χ1n) is 4.66. The zero-order valence-electron chi connectivity index (χ0n) is 9.43. The van der Waals surface area contributed by atoms with Crippen molar-refractivity contribution >= 4 is 15.9 Å². The van der Waals surface area contributed by atoms with E-state index in [4.69, 9.17) is 8.92 Å². The van der Waals surface area contributed by atoms with Crippen LogP contribution in [0.2, 0.25) is 0 Å². The minimum atomic E-state index is -3.50. The Labute approximate surface area is 95.6 Å². The normalized spacial score (nSPS) is 12.3. The third kappa shape index (κ3) is 3.58. The molecule has 0 aromatic heterocycles. The first-order chi connectivity index (χ1) is 7.46. The molecule has 0 unspecified atom stereocenters. The molecule has 0 fully saturated rings. The summed E-state index contributed by atoms with van der Waals surface area (Å²) in [5, 5.41) is 0. The van der Waals surface area contributed by atoms with Crippen molar-refractivity contribution in [2.75, 3.05) is 13.4 Å². The van der Waals surface area contributed by atoms with Crippen LogP contribution in [0.1, 0.15) is 12.5 Å². The summed E-state index contributed by atoms with van der Waals surface area (Å²) < 4.78 is 31.9. The minimum absolute atomic E-state index is 0.310. The molecule has 0 radical (unpaired) electrons. The molecule has 16 heavy (non-hydrogen) atoms. The summed E-state index contributed by atoms with van der Waals surface area (Å²) in [4.78, 5) is 0. The van der Waals surface area contributed by atoms with Crippen molar-refractivity contribution < 1.29 is 17.3 Å². The number of rotatable bonds is 4. The van der Waals surface area contributed by atoms with Crippen molar-refractivity contribution in [2.24, 2.45) is 0 Å². The highest BCUT2D eigenvalue weighted by Gasteiger charge is 2.08. The van der Waals surface area contributed by atoms with Crippen LogP contribution >= 0.6 is 0 Å². The van der Waals surface area contributed by atoms with Gasteiger partial charge in [-0.25, -0.2) is 0 Å². The van der Waals surface area contributed by atoms with Crippen molar-refractivity contribution in [1.82, 2.24) is 0 Å². The molecule has 0 heterocycles. The Hall–Kier alpha value is -1.49. The van der Waals surface area contributed by atoms with Crippen LogP contribution in [-0.2, 0) is 14.3 Å². The third-order valence-electron chi connectivity index (χ3n) is 1.88. The molecule has 0 saturated carbocycles. The van der Waals surface area contributed by atoms with Crippen LogP contribution in [0.5, 0.6) is 5.75 Å². The number of allylic oxidation sites excluding steroid dienone is 1. The summed E-state index contributed by atoms with van der Waals surface area (Å²) in [5.74, 6) is 1.02. The zero-order valence-corrected chi connectivity index (χ0v) is 10.2. The molecular weight excluding hydrogens is 228 g/mol. The topological polar surface area (TPSA) is 52.6 Å². The molecule has 0 atom stereocenters. The van der Waals surface area contributed by atoms with Crippen molar-refractivity contribution in [3.63, 3.8) is 0 Å². The molecule has 0 aliphatic rings. The molecule has 0 spiro atoms. The number of benzene rings is 1. The monoisotopic (exact) mass is 242 g/mol. The second kappa shape index (κ2) is 5.03. The van der Waals surface area contributed by atoms with Crippen molar-refractivity contribution in [1.29, 1.82) is 0 Å². The third-order valence-corrected chi connectivity index (χ3v) is 2.36. The number of methoxy groups -OCH3 is 1. The van der Waals surface area contributed by atoms with Crippen LogP contribution in [0, 0.1) is 0 Å². The number of ether oxygens (including phenoxy) is 1. The second-order valence-corrected chi connectivity index (χ2v) is 4.74. The standard InChI is InChI=1S/C11H14O4S/c1-4-11(15-16(3,12)13)9-5-7-10(14-2)8-6-9/h4-8H,1-3H3/b11-4-. The fourth-order valence-corrected chi connectivity index (χ4v) is 1.70. The van der Waals surface area contributed by atoms with E-state index in [1.165, 1.54) is 0 Å². The van der Waals surface area contributed by atoms with E-state index in [1.807, 2.05) is 0 Å². The summed E-state index contributed by atoms with van der Waals surface area (Å²) in [6.07, 6.45) is 2.61. The average molecular weight is 242 g/mol. The first kappa shape index (κ1) is 12.6. The van der Waals surface area contributed by atoms with Gasteiger partial charge in [-0.15, -0.1) is 0 Å². The minimum Gasteiger partial charge on any atom is -0.497 e. The van der Waals surface area contributed by atoms with Crippen LogP contribution in [-0.4, -0.2) is 21.8 Å². The van der Waals surface area contributed by atoms with Crippen LogP contribution in [0.15, 0.2) is 30.3 Å². The van der Waals surface area contributed by atoms with Crippen molar-refractivity contribution in [3.05, 3.63) is 35.9 Å². The van der Waals surface area contributed by atoms with Crippen LogP contribution in [0.3, 0.4) is 0 Å². The van der Waals surface area contributed by atoms with E-state index in [1.54, 1.807) is 44.4 Å². The maximum atomic E-state index is 11.0. The Bertz CT molecular complexity index is 471. The molecule has 0 saturated heterocycles. The van der Waals surface area contributed by atoms with E-state index in [2.05, 4.69) is 0 Å². The van der Waals surface area contributed by atoms with E-state index in [-0.39, 0.29) is 0 Å². The fourth-order valence-electron chi connectivity index (χ4n) is 1.18. The molecule has 1 rings (SSSR count). The first-order valence-corrected chi connectivity index (χ1v) is 6.48. The predicted octanol–water partition coefficient (Wildman–Crippen LogP) is 2.03. The van der Waals surface area contributed by atoms with Crippen LogP contribution in [0.4, 0.5) is 0 Å². The summed E-state index contributed by atoms with van der Waals surface area (Å²) in [6.45, 7) is 1.71. The molecule has 1 aromatic carbocycles. The fraction of sp³-hybridized carbons (Fsp3) is 0.273. The van der Waals surface area contributed by atoms with Gasteiger partial charge in [0.05, 0.1) is 13.4 Å². The van der Waals surface area contributed by atoms with Gasteiger partial charge in [-0.05, 0) is 37.3 Å². The van der Waals surface area contributed by atoms with Gasteiger partial charge < -0.3 is 8.92 Å². The molecule has 0 amide bonds. The van der Waals surface area contributed by atoms with Crippen LogP contribution in [0.25, 0.3) is 5.76 Å². The highest BCUT2D eigenvalue weighted by Crippen LogP contribution is 2.20. The van der Waals surface area contributed by atoms with E-state index >= 15 is 0 Å². The predicted molar refractivity (Wildman–Crippen MR) is 62.6 cm³/mol. The van der Waals surface area contributed by atoms with Crippen molar-refractivity contribution in [2.45, 2.75) is 6.92 Å². The van der Waals surface area contributed by atoms with Gasteiger partial charge in [0.15, 0.2) is 0 Å². The van der Waals surface area contributed by atoms with Gasteiger partial charge in [0.25, 0.3) is 0 Å². The van der Waals surface area contributed by atoms with Crippen molar-refractivity contribution in [3.8, 4) is 5.75 Å². The number of hydrogen-bond donors (Lipinski definition) is 0. The molecule has 5 heteroatoms. The van der Waals surface area contributed by atoms with Gasteiger partial charge in [0.2, 0.25) is 0 Å². The molecule has 0 N–H and O–H groups in total. The van der Waals surface area contributed by atoms with E-state index < -0.39 is 10.1 Å². The van der Waals surface area contributed by atoms with E-state index in [0.29, 0.717) is 17.1 Å². The summed E-state index contributed by atoms with van der Waals surface area (Å²) in [7, 11) is -1.93. The highest BCUT2D eigenvalue weighted by molar-refractivity contribution is 7.86. The SMILES string of the molecule is C/C=C(\OS(C)(=O)=O)c1ccc(OC)cc1. The molecule has 0 aliphatic carbocycles. The van der Waals surface area contributed by atoms with Crippen LogP contribution < -0.4 is 4.74 Å². The lowest BCUT2D eigenvalue weighted by atomic mass is 10.2. The van der Waals surface area contributed by atoms with Gasteiger partial charge in [0, 0.05) is 5.56 Å². The Morgan fingerprint density at radius 3 is 2.19 bits per heavy atom. The Kier molecular flexibility index (Phi) is 3.95. The maximum absolute atomic E-state index is 11.0. The largest absolute Gasteiger partial charge is 0.497 e. The maximum Gasteiger partial charge on any atom is 0.306 e. The van der Waals surface area contributed by atoms with Gasteiger partial charge in [-0.2, -0.15) is 8.42 Å². The average Bonchev–Trinajstić information content (AvgIpc) is 2.25. The lowest BCUT2D eigenvalue weighted by molar-refractivity contribution is 0.414. The van der Waals surface area contributed by atoms with Gasteiger partial charge in [-0.1, -0.05) is 0 Å². The lowest BCUT2D eigenvalue weighted by Gasteiger charge is -2.08. The van der Waals surface area contributed by atoms with Gasteiger partial charge in [-0.3, -0.25) is 0 Å². The Morgan fingerprint density at radius 1 is 1.25 bits per heavy atom. The molecule has 0 bridgehead atoms. The molecule has 4 nitrogen and oxygen atoms in total. The second-order valence-electron chi connectivity index (χ2n) is 3.17. The smallest absolute Gasteiger partial charge is 0.306 e. The summed E-state index contributed by atoms with van der Waals surface area (Å²) in [6, 6.07) is 6.95. The quantitative estimate of drug-likeness (QED) is 0.599. The molecule has 88 valence electrons. The summed E-state index contributed by atoms with van der Waals surface area (Å²) >= 11 is 0. The molecular formula is C11H14O4S. The molecule has 0 aliphatic heterocycles. The lowest BCUT2D eigenvalue weighted by Crippen LogP contribution is -2.02.